The van der Waals surface area contributed by atoms with E-state index in [4.69, 9.17) is 4.74 Å². The molecule has 1 atom stereocenters. The van der Waals surface area contributed by atoms with Crippen molar-refractivity contribution in [1.29, 1.82) is 0 Å². The molecule has 9 nitrogen and oxygen atoms in total. The molecule has 3 aromatic rings. The topological polar surface area (TPSA) is 88.7 Å². The van der Waals surface area contributed by atoms with Gasteiger partial charge in [-0.3, -0.25) is 14.6 Å². The molecule has 2 aliphatic rings. The number of nitrogens with zero attached hydrogens (tertiary/aromatic N) is 7. The van der Waals surface area contributed by atoms with Gasteiger partial charge in [-0.2, -0.15) is 10.2 Å². The van der Waals surface area contributed by atoms with Crippen molar-refractivity contribution in [1.82, 2.24) is 29.7 Å². The molecule has 5 rings (SSSR count). The van der Waals surface area contributed by atoms with Gasteiger partial charge in [-0.1, -0.05) is 6.07 Å². The molecule has 2 amide bonds. The minimum absolute atomic E-state index is 0.111. The largest absolute Gasteiger partial charge is 0.483 e. The van der Waals surface area contributed by atoms with Crippen molar-refractivity contribution in [2.75, 3.05) is 13.1 Å². The first kappa shape index (κ1) is 20.1. The first-order chi connectivity index (χ1) is 15.5. The number of ether oxygens (including phenoxy) is 1. The molecule has 0 aliphatic carbocycles. The smallest absolute Gasteiger partial charge is 0.341 e. The van der Waals surface area contributed by atoms with Gasteiger partial charge in [0.1, 0.15) is 6.10 Å². The van der Waals surface area contributed by atoms with Gasteiger partial charge >= 0.3 is 6.03 Å². The monoisotopic (exact) mass is 435 g/mol. The number of aryl methyl sites for hydroxylation is 2. The number of hydrogen-bond acceptors (Lipinski definition) is 6. The quantitative estimate of drug-likeness (QED) is 0.629. The van der Waals surface area contributed by atoms with Crippen molar-refractivity contribution in [3.8, 4) is 17.1 Å². The van der Waals surface area contributed by atoms with Crippen molar-refractivity contribution in [2.24, 2.45) is 12.1 Å². The number of rotatable bonds is 4. The Balaban J connectivity index is 1.24. The summed E-state index contributed by atoms with van der Waals surface area (Å²) in [4.78, 5) is 22.9. The molecular formula is C22H22FN7O2. The van der Waals surface area contributed by atoms with E-state index in [0.29, 0.717) is 25.2 Å². The van der Waals surface area contributed by atoms with Gasteiger partial charge in [0.25, 0.3) is 0 Å². The highest BCUT2D eigenvalue weighted by Crippen LogP contribution is 2.31. The maximum atomic E-state index is 14.3. The molecule has 5 heterocycles. The zero-order valence-electron chi connectivity index (χ0n) is 17.7. The molecule has 0 N–H and O–H groups in total. The predicted octanol–water partition coefficient (Wildman–Crippen LogP) is 2.94. The van der Waals surface area contributed by atoms with Crippen molar-refractivity contribution in [3.05, 3.63) is 59.9 Å². The first-order valence-electron chi connectivity index (χ1n) is 10.3. The SMILES string of the molecule is Cc1cnn(C)c1-c1cc(OC2CN(C(=O)N3N=CCC3c3cccnc3)C2)c(F)cn1. The van der Waals surface area contributed by atoms with Crippen LogP contribution in [0.4, 0.5) is 9.18 Å². The van der Waals surface area contributed by atoms with Gasteiger partial charge in [0.2, 0.25) is 0 Å². The molecule has 10 heteroatoms. The molecule has 0 radical (unpaired) electrons. The van der Waals surface area contributed by atoms with Gasteiger partial charge in [-0.15, -0.1) is 0 Å². The highest BCUT2D eigenvalue weighted by Gasteiger charge is 2.39. The van der Waals surface area contributed by atoms with E-state index in [1.807, 2.05) is 26.1 Å². The number of urea groups is 1. The van der Waals surface area contributed by atoms with E-state index < -0.39 is 5.82 Å². The Morgan fingerprint density at radius 3 is 2.81 bits per heavy atom. The van der Waals surface area contributed by atoms with Gasteiger partial charge in [-0.05, 0) is 24.1 Å². The lowest BCUT2D eigenvalue weighted by Crippen LogP contribution is -2.58. The molecule has 164 valence electrons. The third kappa shape index (κ3) is 3.57. The molecule has 0 aromatic carbocycles. The lowest BCUT2D eigenvalue weighted by molar-refractivity contribution is 0.0257. The summed E-state index contributed by atoms with van der Waals surface area (Å²) >= 11 is 0. The fraction of sp³-hybridized carbons (Fsp3) is 0.318. The van der Waals surface area contributed by atoms with Gasteiger partial charge in [0.15, 0.2) is 11.6 Å². The van der Waals surface area contributed by atoms with Crippen LogP contribution in [-0.2, 0) is 7.05 Å². The summed E-state index contributed by atoms with van der Waals surface area (Å²) in [5.74, 6) is -0.431. The molecule has 1 saturated heterocycles. The van der Waals surface area contributed by atoms with Gasteiger partial charge in [-0.25, -0.2) is 14.2 Å². The molecule has 1 unspecified atom stereocenters. The number of hydrogen-bond donors (Lipinski definition) is 0. The highest BCUT2D eigenvalue weighted by atomic mass is 19.1. The van der Waals surface area contributed by atoms with Crippen LogP contribution in [0.3, 0.4) is 0 Å². The number of halogens is 1. The van der Waals surface area contributed by atoms with Crippen LogP contribution in [0.25, 0.3) is 11.4 Å². The second-order valence-corrected chi connectivity index (χ2v) is 7.91. The lowest BCUT2D eigenvalue weighted by Gasteiger charge is -2.41. The van der Waals surface area contributed by atoms with Crippen LogP contribution in [0.15, 0.2) is 48.1 Å². The summed E-state index contributed by atoms with van der Waals surface area (Å²) in [6.07, 6.45) is 8.39. The van der Waals surface area contributed by atoms with Crippen molar-refractivity contribution in [3.63, 3.8) is 0 Å². The number of pyridine rings is 2. The third-order valence-corrected chi connectivity index (χ3v) is 5.69. The van der Waals surface area contributed by atoms with Crippen LogP contribution in [0.1, 0.15) is 23.6 Å². The number of amides is 2. The molecule has 32 heavy (non-hydrogen) atoms. The van der Waals surface area contributed by atoms with E-state index >= 15 is 0 Å². The van der Waals surface area contributed by atoms with Crippen LogP contribution in [0.2, 0.25) is 0 Å². The Morgan fingerprint density at radius 2 is 2.09 bits per heavy atom. The summed E-state index contributed by atoms with van der Waals surface area (Å²) < 4.78 is 21.9. The van der Waals surface area contributed by atoms with Crippen molar-refractivity contribution < 1.29 is 13.9 Å². The van der Waals surface area contributed by atoms with E-state index in [2.05, 4.69) is 20.2 Å². The second kappa shape index (κ2) is 8.03. The average molecular weight is 435 g/mol. The van der Waals surface area contributed by atoms with Crippen LogP contribution in [0.5, 0.6) is 5.75 Å². The zero-order chi connectivity index (χ0) is 22.2. The average Bonchev–Trinajstić information content (AvgIpc) is 3.39. The van der Waals surface area contributed by atoms with E-state index in [9.17, 15) is 9.18 Å². The number of carbonyl (C=O) groups excluding carboxylic acids is 1. The van der Waals surface area contributed by atoms with Gasteiger partial charge < -0.3 is 9.64 Å². The lowest BCUT2D eigenvalue weighted by atomic mass is 10.1. The fourth-order valence-electron chi connectivity index (χ4n) is 4.00. The standard InChI is InChI=1S/C22H22FN7O2/c1-14-9-27-28(2)21(14)18-8-20(17(23)11-25-18)32-16-12-29(13-16)22(31)30-19(5-7-26-30)15-4-3-6-24-10-15/h3-4,6-11,16,19H,5,12-13H2,1-2H3. The molecule has 1 fully saturated rings. The van der Waals surface area contributed by atoms with Crippen LogP contribution in [-0.4, -0.2) is 61.1 Å². The second-order valence-electron chi connectivity index (χ2n) is 7.91. The van der Waals surface area contributed by atoms with Crippen LogP contribution in [0, 0.1) is 12.7 Å². The summed E-state index contributed by atoms with van der Waals surface area (Å²) in [5, 5.41) is 9.93. The Labute approximate surface area is 184 Å². The number of likely N-dealkylation sites (tertiary alicyclic amines) is 1. The Kier molecular flexibility index (Phi) is 5.04. The van der Waals surface area contributed by atoms with Crippen LogP contribution < -0.4 is 4.74 Å². The first-order valence-corrected chi connectivity index (χ1v) is 10.3. The van der Waals surface area contributed by atoms with Crippen molar-refractivity contribution in [2.45, 2.75) is 25.5 Å². The Hall–Kier alpha value is -3.82. The molecule has 2 aliphatic heterocycles. The van der Waals surface area contributed by atoms with Gasteiger partial charge in [0, 0.05) is 38.1 Å². The van der Waals surface area contributed by atoms with E-state index in [1.165, 1.54) is 5.01 Å². The minimum atomic E-state index is -0.542. The third-order valence-electron chi connectivity index (χ3n) is 5.69. The zero-order valence-corrected chi connectivity index (χ0v) is 17.7. The maximum absolute atomic E-state index is 14.3. The van der Waals surface area contributed by atoms with Gasteiger partial charge in [0.05, 0.1) is 42.9 Å². The molecule has 0 spiro atoms. The van der Waals surface area contributed by atoms with E-state index in [0.717, 1.165) is 23.0 Å². The molecule has 0 bridgehead atoms. The fourth-order valence-corrected chi connectivity index (χ4v) is 4.00. The predicted molar refractivity (Wildman–Crippen MR) is 114 cm³/mol. The Morgan fingerprint density at radius 1 is 1.25 bits per heavy atom. The number of carbonyl (C=O) groups is 1. The Bertz CT molecular complexity index is 1150. The number of aromatic nitrogens is 4. The van der Waals surface area contributed by atoms with Crippen LogP contribution >= 0.6 is 0 Å². The molecule has 3 aromatic heterocycles. The normalized spacial score (nSPS) is 18.2. The molecule has 0 saturated carbocycles. The van der Waals surface area contributed by atoms with E-state index in [1.54, 1.807) is 40.5 Å². The highest BCUT2D eigenvalue weighted by molar-refractivity contribution is 5.79. The summed E-state index contributed by atoms with van der Waals surface area (Å²) in [6, 6.07) is 4.98. The summed E-state index contributed by atoms with van der Waals surface area (Å²) in [6.45, 7) is 2.63. The molecular weight excluding hydrogens is 413 g/mol. The van der Waals surface area contributed by atoms with E-state index in [-0.39, 0.29) is 23.9 Å². The van der Waals surface area contributed by atoms with Crippen molar-refractivity contribution >= 4 is 12.2 Å². The minimum Gasteiger partial charge on any atom is -0.483 e. The summed E-state index contributed by atoms with van der Waals surface area (Å²) in [7, 11) is 1.81. The summed E-state index contributed by atoms with van der Waals surface area (Å²) in [5.41, 5.74) is 3.25. The maximum Gasteiger partial charge on any atom is 0.341 e. The number of hydrazone groups is 1.